The Morgan fingerprint density at radius 1 is 1.03 bits per heavy atom. The van der Waals surface area contributed by atoms with E-state index in [0.717, 1.165) is 40.1 Å². The molecule has 5 aromatic rings. The molecule has 0 aliphatic carbocycles. The number of para-hydroxylation sites is 1. The molecule has 1 aliphatic heterocycles. The number of halogens is 1. The van der Waals surface area contributed by atoms with Gasteiger partial charge in [-0.1, -0.05) is 18.2 Å². The predicted octanol–water partition coefficient (Wildman–Crippen LogP) is 4.09. The minimum absolute atomic E-state index is 0.313. The molecule has 0 bridgehead atoms. The summed E-state index contributed by atoms with van der Waals surface area (Å²) in [6, 6.07) is 13.7. The van der Waals surface area contributed by atoms with Crippen LogP contribution in [0.25, 0.3) is 39.1 Å². The molecule has 1 N–H and O–H groups in total. The average molecular weight is 440 g/mol. The topological polar surface area (TPSA) is 77.2 Å². The fraction of sp³-hybridized carbons (Fsp3) is 0.200. The van der Waals surface area contributed by atoms with Gasteiger partial charge in [0.1, 0.15) is 35.5 Å². The van der Waals surface area contributed by atoms with Crippen LogP contribution in [0.1, 0.15) is 6.42 Å². The summed E-state index contributed by atoms with van der Waals surface area (Å²) in [6.07, 6.45) is 7.95. The second-order valence-electron chi connectivity index (χ2n) is 8.10. The Balaban J connectivity index is 1.39. The van der Waals surface area contributed by atoms with Crippen LogP contribution in [-0.4, -0.2) is 49.7 Å². The molecule has 0 spiro atoms. The Kier molecular flexibility index (Phi) is 4.92. The van der Waals surface area contributed by atoms with Crippen molar-refractivity contribution in [3.8, 4) is 28.3 Å². The Labute approximate surface area is 189 Å². The van der Waals surface area contributed by atoms with Crippen LogP contribution < -0.4 is 10.1 Å². The summed E-state index contributed by atoms with van der Waals surface area (Å²) in [7, 11) is 0. The number of hydrogen-bond acceptors (Lipinski definition) is 6. The van der Waals surface area contributed by atoms with E-state index in [9.17, 15) is 4.39 Å². The molecular weight excluding hydrogens is 419 g/mol. The van der Waals surface area contributed by atoms with Crippen molar-refractivity contribution in [3.63, 3.8) is 0 Å². The summed E-state index contributed by atoms with van der Waals surface area (Å²) >= 11 is 0. The van der Waals surface area contributed by atoms with Gasteiger partial charge in [-0.05, 0) is 42.8 Å². The van der Waals surface area contributed by atoms with Crippen molar-refractivity contribution in [2.45, 2.75) is 18.7 Å². The van der Waals surface area contributed by atoms with Crippen LogP contribution in [0, 0.1) is 0 Å². The molecule has 1 unspecified atom stereocenters. The van der Waals surface area contributed by atoms with Crippen molar-refractivity contribution in [2.75, 3.05) is 13.1 Å². The monoisotopic (exact) mass is 440 g/mol. The number of piperidine rings is 1. The average Bonchev–Trinajstić information content (AvgIpc) is 3.29. The fourth-order valence-corrected chi connectivity index (χ4v) is 4.25. The highest BCUT2D eigenvalue weighted by Gasteiger charge is 2.27. The Hall–Kier alpha value is -3.91. The molecule has 0 radical (unpaired) electrons. The molecule has 0 saturated carbocycles. The standard InChI is InChI=1S/C25H21FN6O/c26-19-13-27-8-6-22(19)33-23-3-1-2-16-4-5-20(31-25(16)23)21-14-30-24-10-17(7-9-32(21)24)18-11-28-15-29-12-18/h1-5,7,9-12,14-15,19,22,27H,6,8,13H2/t19?,22-/m0/s1. The molecule has 1 fully saturated rings. The second-order valence-corrected chi connectivity index (χ2v) is 8.10. The Bertz CT molecular complexity index is 1440. The lowest BCUT2D eigenvalue weighted by Gasteiger charge is -2.27. The van der Waals surface area contributed by atoms with Gasteiger partial charge in [-0.25, -0.2) is 24.3 Å². The van der Waals surface area contributed by atoms with Crippen LogP contribution in [0.4, 0.5) is 4.39 Å². The number of fused-ring (bicyclic) bond motifs is 2. The SMILES string of the molecule is FC1CNCC[C@@H]1Oc1cccc2ccc(-c3cnc4cc(-c5cncnc5)ccn34)nc12. The lowest BCUT2D eigenvalue weighted by atomic mass is 10.1. The molecule has 8 heteroatoms. The Morgan fingerprint density at radius 2 is 1.94 bits per heavy atom. The first-order chi connectivity index (χ1) is 16.3. The van der Waals surface area contributed by atoms with Gasteiger partial charge in [-0.2, -0.15) is 0 Å². The molecule has 5 heterocycles. The molecule has 1 saturated heterocycles. The molecule has 1 aromatic carbocycles. The molecule has 6 rings (SSSR count). The first-order valence-corrected chi connectivity index (χ1v) is 10.9. The van der Waals surface area contributed by atoms with E-state index >= 15 is 0 Å². The molecule has 7 nitrogen and oxygen atoms in total. The van der Waals surface area contributed by atoms with Crippen LogP contribution in [-0.2, 0) is 0 Å². The van der Waals surface area contributed by atoms with E-state index in [4.69, 9.17) is 9.72 Å². The van der Waals surface area contributed by atoms with E-state index in [-0.39, 0.29) is 0 Å². The number of benzene rings is 1. The van der Waals surface area contributed by atoms with Gasteiger partial charge >= 0.3 is 0 Å². The minimum atomic E-state index is -1.04. The van der Waals surface area contributed by atoms with E-state index in [1.54, 1.807) is 12.4 Å². The molecule has 1 aliphatic rings. The highest BCUT2D eigenvalue weighted by Crippen LogP contribution is 2.30. The maximum Gasteiger partial charge on any atom is 0.149 e. The number of hydrogen-bond donors (Lipinski definition) is 1. The third kappa shape index (κ3) is 3.68. The van der Waals surface area contributed by atoms with Gasteiger partial charge in [0.05, 0.1) is 17.6 Å². The van der Waals surface area contributed by atoms with Crippen LogP contribution in [0.3, 0.4) is 0 Å². The molecule has 4 aromatic heterocycles. The van der Waals surface area contributed by atoms with E-state index in [1.165, 1.54) is 6.33 Å². The second kappa shape index (κ2) is 8.22. The summed E-state index contributed by atoms with van der Waals surface area (Å²) in [5.74, 6) is 0.601. The zero-order chi connectivity index (χ0) is 22.2. The number of nitrogens with one attached hydrogen (secondary N) is 1. The summed E-state index contributed by atoms with van der Waals surface area (Å²) in [6.45, 7) is 1.06. The number of pyridine rings is 2. The van der Waals surface area contributed by atoms with Gasteiger partial charge in [-0.3, -0.25) is 4.40 Å². The lowest BCUT2D eigenvalue weighted by molar-refractivity contribution is 0.0743. The van der Waals surface area contributed by atoms with Gasteiger partial charge in [-0.15, -0.1) is 0 Å². The molecule has 164 valence electrons. The minimum Gasteiger partial charge on any atom is -0.485 e. The Morgan fingerprint density at radius 3 is 2.82 bits per heavy atom. The third-order valence-corrected chi connectivity index (χ3v) is 5.98. The first-order valence-electron chi connectivity index (χ1n) is 10.9. The molecular formula is C25H21FN6O. The summed E-state index contributed by atoms with van der Waals surface area (Å²) in [4.78, 5) is 17.7. The van der Waals surface area contributed by atoms with Crippen molar-refractivity contribution in [1.82, 2.24) is 29.7 Å². The van der Waals surface area contributed by atoms with Crippen molar-refractivity contribution >= 4 is 16.6 Å². The number of ether oxygens (including phenoxy) is 1. The summed E-state index contributed by atoms with van der Waals surface area (Å²) in [5, 5.41) is 4.00. The summed E-state index contributed by atoms with van der Waals surface area (Å²) < 4.78 is 22.4. The van der Waals surface area contributed by atoms with E-state index in [1.807, 2.05) is 59.3 Å². The van der Waals surface area contributed by atoms with E-state index < -0.39 is 12.3 Å². The van der Waals surface area contributed by atoms with Crippen molar-refractivity contribution in [2.24, 2.45) is 0 Å². The third-order valence-electron chi connectivity index (χ3n) is 5.98. The maximum absolute atomic E-state index is 14.3. The zero-order valence-corrected chi connectivity index (χ0v) is 17.7. The quantitative estimate of drug-likeness (QED) is 0.454. The van der Waals surface area contributed by atoms with Crippen molar-refractivity contribution in [3.05, 3.63) is 73.6 Å². The zero-order valence-electron chi connectivity index (χ0n) is 17.7. The van der Waals surface area contributed by atoms with Gasteiger partial charge < -0.3 is 10.1 Å². The lowest BCUT2D eigenvalue weighted by Crippen LogP contribution is -2.44. The largest absolute Gasteiger partial charge is 0.485 e. The van der Waals surface area contributed by atoms with E-state index in [0.29, 0.717) is 24.2 Å². The smallest absolute Gasteiger partial charge is 0.149 e. The van der Waals surface area contributed by atoms with Crippen LogP contribution in [0.5, 0.6) is 5.75 Å². The summed E-state index contributed by atoms with van der Waals surface area (Å²) in [5.41, 5.74) is 5.07. The number of rotatable bonds is 4. The highest BCUT2D eigenvalue weighted by atomic mass is 19.1. The van der Waals surface area contributed by atoms with Crippen molar-refractivity contribution in [1.29, 1.82) is 0 Å². The highest BCUT2D eigenvalue weighted by molar-refractivity contribution is 5.86. The van der Waals surface area contributed by atoms with E-state index in [2.05, 4.69) is 20.3 Å². The number of alkyl halides is 1. The van der Waals surface area contributed by atoms with Gasteiger partial charge in [0.2, 0.25) is 0 Å². The maximum atomic E-state index is 14.3. The van der Waals surface area contributed by atoms with Gasteiger partial charge in [0.15, 0.2) is 0 Å². The predicted molar refractivity (Wildman–Crippen MR) is 124 cm³/mol. The van der Waals surface area contributed by atoms with Gasteiger partial charge in [0.25, 0.3) is 0 Å². The number of aromatic nitrogens is 5. The van der Waals surface area contributed by atoms with Gasteiger partial charge in [0, 0.05) is 36.1 Å². The van der Waals surface area contributed by atoms with Crippen molar-refractivity contribution < 1.29 is 9.13 Å². The fourth-order valence-electron chi connectivity index (χ4n) is 4.25. The molecule has 0 amide bonds. The number of imidazole rings is 1. The molecule has 33 heavy (non-hydrogen) atoms. The van der Waals surface area contributed by atoms with Crippen LogP contribution >= 0.6 is 0 Å². The van der Waals surface area contributed by atoms with Crippen LogP contribution in [0.2, 0.25) is 0 Å². The number of nitrogens with zero attached hydrogens (tertiary/aromatic N) is 5. The normalized spacial score (nSPS) is 18.6. The molecule has 2 atom stereocenters. The van der Waals surface area contributed by atoms with Crippen LogP contribution in [0.15, 0.2) is 73.6 Å². The first kappa shape index (κ1) is 19.8.